The largest absolute Gasteiger partial charge is 0.465 e. The molecular weight excluding hydrogens is 382 g/mol. The monoisotopic (exact) mass is 403 g/mol. The number of aromatic nitrogens is 1. The average molecular weight is 403 g/mol. The summed E-state index contributed by atoms with van der Waals surface area (Å²) in [6.45, 7) is 4.70. The number of ether oxygens (including phenoxy) is 1. The van der Waals surface area contributed by atoms with Crippen molar-refractivity contribution in [1.29, 1.82) is 0 Å². The van der Waals surface area contributed by atoms with Gasteiger partial charge >= 0.3 is 5.97 Å². The molecule has 1 heterocycles. The van der Waals surface area contributed by atoms with E-state index in [1.165, 1.54) is 18.1 Å². The van der Waals surface area contributed by atoms with Crippen molar-refractivity contribution in [3.05, 3.63) is 55.0 Å². The zero-order valence-electron chi connectivity index (χ0n) is 15.9. The van der Waals surface area contributed by atoms with Crippen molar-refractivity contribution in [3.63, 3.8) is 0 Å². The predicted molar refractivity (Wildman–Crippen MR) is 104 cm³/mol. The van der Waals surface area contributed by atoms with Gasteiger partial charge in [0.15, 0.2) is 0 Å². The van der Waals surface area contributed by atoms with E-state index in [0.29, 0.717) is 0 Å². The number of nitro groups is 1. The number of aryl methyl sites for hydroxylation is 1. The van der Waals surface area contributed by atoms with E-state index in [4.69, 9.17) is 0 Å². The normalized spacial score (nSPS) is 14.8. The standard InChI is InChI=1S/C19H21N3O5S/c1-19(2)5-4-14-15(9-19)28-16(21-14)10-20-17(23)11-6-12(18(24)27-3)8-13(7-11)22(25)26/h6-8H,4-5,9-10H2,1-3H3,(H,20,23). The van der Waals surface area contributed by atoms with Crippen LogP contribution in [0, 0.1) is 15.5 Å². The molecule has 28 heavy (non-hydrogen) atoms. The molecule has 1 aliphatic carbocycles. The quantitative estimate of drug-likeness (QED) is 0.466. The van der Waals surface area contributed by atoms with Crippen molar-refractivity contribution in [2.45, 2.75) is 39.7 Å². The number of esters is 1. The van der Waals surface area contributed by atoms with Crippen LogP contribution in [0.3, 0.4) is 0 Å². The molecule has 2 aromatic rings. The summed E-state index contributed by atoms with van der Waals surface area (Å²) in [6.07, 6.45) is 2.99. The minimum atomic E-state index is -0.743. The van der Waals surface area contributed by atoms with Gasteiger partial charge in [-0.1, -0.05) is 13.8 Å². The molecule has 0 atom stereocenters. The Balaban J connectivity index is 1.75. The van der Waals surface area contributed by atoms with Crippen LogP contribution in [0.2, 0.25) is 0 Å². The zero-order valence-corrected chi connectivity index (χ0v) is 16.7. The number of fused-ring (bicyclic) bond motifs is 1. The summed E-state index contributed by atoms with van der Waals surface area (Å²) in [7, 11) is 1.17. The number of carbonyl (C=O) groups is 2. The lowest BCUT2D eigenvalue weighted by atomic mass is 9.79. The molecule has 8 nitrogen and oxygen atoms in total. The van der Waals surface area contributed by atoms with Crippen molar-refractivity contribution in [1.82, 2.24) is 10.3 Å². The lowest BCUT2D eigenvalue weighted by Gasteiger charge is -2.28. The third kappa shape index (κ3) is 4.36. The van der Waals surface area contributed by atoms with Gasteiger partial charge in [-0.25, -0.2) is 9.78 Å². The molecular formula is C19H21N3O5S. The number of thiazole rings is 1. The molecule has 0 unspecified atom stereocenters. The van der Waals surface area contributed by atoms with Gasteiger partial charge in [0, 0.05) is 22.6 Å². The second-order valence-electron chi connectivity index (χ2n) is 7.52. The molecule has 1 aromatic carbocycles. The first-order valence-electron chi connectivity index (χ1n) is 8.82. The molecule has 0 spiro atoms. The Labute approximate surface area is 166 Å². The van der Waals surface area contributed by atoms with Crippen molar-refractivity contribution in [3.8, 4) is 0 Å². The highest BCUT2D eigenvalue weighted by Gasteiger charge is 2.28. The summed E-state index contributed by atoms with van der Waals surface area (Å²) in [4.78, 5) is 40.5. The summed E-state index contributed by atoms with van der Waals surface area (Å²) in [5.74, 6) is -1.25. The number of methoxy groups -OCH3 is 1. The Morgan fingerprint density at radius 3 is 2.71 bits per heavy atom. The first-order valence-corrected chi connectivity index (χ1v) is 9.63. The number of nitro benzene ring substituents is 1. The Hall–Kier alpha value is -2.81. The molecule has 1 aromatic heterocycles. The summed E-state index contributed by atoms with van der Waals surface area (Å²) in [5.41, 5.74) is 0.982. The SMILES string of the molecule is COC(=O)c1cc(C(=O)NCc2nc3c(s2)CC(C)(C)CC3)cc([N+](=O)[O-])c1. The number of nitrogens with one attached hydrogen (secondary N) is 1. The van der Waals surface area contributed by atoms with Gasteiger partial charge in [0.2, 0.25) is 0 Å². The summed E-state index contributed by atoms with van der Waals surface area (Å²) in [5, 5.41) is 14.6. The second-order valence-corrected chi connectivity index (χ2v) is 8.69. The van der Waals surface area contributed by atoms with E-state index in [9.17, 15) is 19.7 Å². The van der Waals surface area contributed by atoms with Gasteiger partial charge in [-0.3, -0.25) is 14.9 Å². The fourth-order valence-corrected chi connectivity index (χ4v) is 4.48. The van der Waals surface area contributed by atoms with Crippen molar-refractivity contribution in [2.75, 3.05) is 7.11 Å². The van der Waals surface area contributed by atoms with E-state index in [1.807, 2.05) is 0 Å². The van der Waals surface area contributed by atoms with Crippen LogP contribution in [0.5, 0.6) is 0 Å². The fraction of sp³-hybridized carbons (Fsp3) is 0.421. The molecule has 0 radical (unpaired) electrons. The van der Waals surface area contributed by atoms with E-state index in [2.05, 4.69) is 28.9 Å². The minimum absolute atomic E-state index is 0.0250. The van der Waals surface area contributed by atoms with Crippen LogP contribution in [-0.4, -0.2) is 28.9 Å². The maximum atomic E-state index is 12.5. The molecule has 0 saturated carbocycles. The molecule has 1 aliphatic rings. The number of benzene rings is 1. The third-order valence-corrected chi connectivity index (χ3v) is 5.81. The van der Waals surface area contributed by atoms with Gasteiger partial charge in [0.05, 0.1) is 29.8 Å². The van der Waals surface area contributed by atoms with Crippen LogP contribution in [0.25, 0.3) is 0 Å². The van der Waals surface area contributed by atoms with Gasteiger partial charge in [-0.15, -0.1) is 11.3 Å². The predicted octanol–water partition coefficient (Wildman–Crippen LogP) is 3.28. The zero-order chi connectivity index (χ0) is 20.5. The lowest BCUT2D eigenvalue weighted by molar-refractivity contribution is -0.384. The first-order chi connectivity index (χ1) is 13.2. The van der Waals surface area contributed by atoms with Gasteiger partial charge in [-0.2, -0.15) is 0 Å². The Morgan fingerprint density at radius 1 is 1.32 bits per heavy atom. The fourth-order valence-electron chi connectivity index (χ4n) is 3.17. The highest BCUT2D eigenvalue weighted by molar-refractivity contribution is 7.11. The van der Waals surface area contributed by atoms with Gasteiger partial charge in [-0.05, 0) is 30.7 Å². The van der Waals surface area contributed by atoms with E-state index >= 15 is 0 Å². The molecule has 0 saturated heterocycles. The smallest absolute Gasteiger partial charge is 0.338 e. The van der Waals surface area contributed by atoms with Gasteiger partial charge in [0.1, 0.15) is 5.01 Å². The van der Waals surface area contributed by atoms with Crippen molar-refractivity contribution < 1.29 is 19.2 Å². The Kier molecular flexibility index (Phi) is 5.46. The number of rotatable bonds is 5. The van der Waals surface area contributed by atoms with E-state index in [-0.39, 0.29) is 28.8 Å². The summed E-state index contributed by atoms with van der Waals surface area (Å²) in [6, 6.07) is 3.50. The van der Waals surface area contributed by atoms with Crippen LogP contribution in [-0.2, 0) is 24.1 Å². The van der Waals surface area contributed by atoms with Crippen molar-refractivity contribution in [2.24, 2.45) is 5.41 Å². The van der Waals surface area contributed by atoms with Crippen LogP contribution in [0.15, 0.2) is 18.2 Å². The van der Waals surface area contributed by atoms with E-state index in [1.54, 1.807) is 11.3 Å². The van der Waals surface area contributed by atoms with Gasteiger partial charge in [0.25, 0.3) is 11.6 Å². The number of nitrogens with zero attached hydrogens (tertiary/aromatic N) is 2. The highest BCUT2D eigenvalue weighted by Crippen LogP contribution is 2.37. The third-order valence-electron chi connectivity index (χ3n) is 4.71. The van der Waals surface area contributed by atoms with Crippen LogP contribution in [0.1, 0.15) is 56.6 Å². The average Bonchev–Trinajstić information content (AvgIpc) is 3.05. The van der Waals surface area contributed by atoms with E-state index in [0.717, 1.165) is 42.1 Å². The number of carbonyl (C=O) groups excluding carboxylic acids is 2. The molecule has 0 bridgehead atoms. The maximum Gasteiger partial charge on any atom is 0.338 e. The first kappa shape index (κ1) is 19.9. The minimum Gasteiger partial charge on any atom is -0.465 e. The summed E-state index contributed by atoms with van der Waals surface area (Å²) < 4.78 is 4.60. The molecule has 148 valence electrons. The number of hydrogen-bond donors (Lipinski definition) is 1. The Morgan fingerprint density at radius 2 is 2.04 bits per heavy atom. The molecule has 9 heteroatoms. The highest BCUT2D eigenvalue weighted by atomic mass is 32.1. The molecule has 0 aliphatic heterocycles. The summed E-state index contributed by atoms with van der Waals surface area (Å²) >= 11 is 1.59. The lowest BCUT2D eigenvalue weighted by Crippen LogP contribution is -2.23. The van der Waals surface area contributed by atoms with E-state index < -0.39 is 16.8 Å². The van der Waals surface area contributed by atoms with Crippen molar-refractivity contribution >= 4 is 28.9 Å². The molecule has 1 amide bonds. The van der Waals surface area contributed by atoms with Gasteiger partial charge < -0.3 is 10.1 Å². The van der Waals surface area contributed by atoms with Crippen LogP contribution < -0.4 is 5.32 Å². The van der Waals surface area contributed by atoms with Crippen LogP contribution >= 0.6 is 11.3 Å². The second kappa shape index (κ2) is 7.67. The Bertz CT molecular complexity index is 951. The number of hydrogen-bond acceptors (Lipinski definition) is 7. The molecule has 3 rings (SSSR count). The molecule has 1 N–H and O–H groups in total. The number of non-ortho nitro benzene ring substituents is 1. The topological polar surface area (TPSA) is 111 Å². The molecule has 0 fully saturated rings. The van der Waals surface area contributed by atoms with Crippen LogP contribution in [0.4, 0.5) is 5.69 Å². The number of amides is 1. The maximum absolute atomic E-state index is 12.5.